The van der Waals surface area contributed by atoms with Crippen molar-refractivity contribution in [3.8, 4) is 34.5 Å². The molecule has 0 bridgehead atoms. The van der Waals surface area contributed by atoms with Crippen LogP contribution in [0.25, 0.3) is 33.3 Å². The normalized spacial score (nSPS) is 16.8. The highest BCUT2D eigenvalue weighted by atomic mass is 19.1. The number of anilines is 1. The first-order chi connectivity index (χ1) is 19.8. The fraction of sp³-hybridized carbons (Fsp3) is 0.367. The number of halogens is 1. The number of carbonyl (C=O) groups excluding carboxylic acids is 1. The smallest absolute Gasteiger partial charge is 0.239 e. The molecule has 4 heterocycles. The zero-order chi connectivity index (χ0) is 29.1. The number of hydrogen-bond acceptors (Lipinski definition) is 8. The van der Waals surface area contributed by atoms with Crippen LogP contribution < -0.4 is 4.90 Å². The van der Waals surface area contributed by atoms with Gasteiger partial charge in [0.2, 0.25) is 5.91 Å². The molecule has 11 heteroatoms. The predicted octanol–water partition coefficient (Wildman–Crippen LogP) is 4.47. The highest BCUT2D eigenvalue weighted by Gasteiger charge is 2.32. The lowest BCUT2D eigenvalue weighted by Crippen LogP contribution is -2.55. The second kappa shape index (κ2) is 11.7. The summed E-state index contributed by atoms with van der Waals surface area (Å²) in [6.07, 6.45) is 8.71. The molecule has 2 fully saturated rings. The van der Waals surface area contributed by atoms with Crippen LogP contribution in [0.2, 0.25) is 0 Å². The summed E-state index contributed by atoms with van der Waals surface area (Å²) >= 11 is 0. The summed E-state index contributed by atoms with van der Waals surface area (Å²) in [6, 6.07) is 10.8. The number of nitrogens with zero attached hydrogens (tertiary/aromatic N) is 9. The van der Waals surface area contributed by atoms with Crippen molar-refractivity contribution >= 4 is 22.6 Å². The molecule has 41 heavy (non-hydrogen) atoms. The van der Waals surface area contributed by atoms with Crippen molar-refractivity contribution in [2.45, 2.75) is 39.2 Å². The van der Waals surface area contributed by atoms with Crippen LogP contribution in [0.4, 0.5) is 10.2 Å². The number of aryl methyl sites for hydroxylation is 1. The van der Waals surface area contributed by atoms with Gasteiger partial charge in [-0.05, 0) is 31.5 Å². The molecule has 2 unspecified atom stereocenters. The Labute approximate surface area is 237 Å². The Morgan fingerprint density at radius 1 is 1.10 bits per heavy atom. The fourth-order valence-corrected chi connectivity index (χ4v) is 4.89. The molecule has 1 aliphatic heterocycles. The molecule has 0 spiro atoms. The van der Waals surface area contributed by atoms with Gasteiger partial charge in [-0.15, -0.1) is 0 Å². The maximum absolute atomic E-state index is 14.2. The minimum atomic E-state index is -0.713. The summed E-state index contributed by atoms with van der Waals surface area (Å²) in [5, 5.41) is 23.8. The van der Waals surface area contributed by atoms with Crippen LogP contribution in [0.1, 0.15) is 38.8 Å². The van der Waals surface area contributed by atoms with Gasteiger partial charge < -0.3 is 9.80 Å². The van der Waals surface area contributed by atoms with Crippen molar-refractivity contribution in [1.29, 1.82) is 10.5 Å². The standard InChI is InChI=1S/C27H24FN9O.C3H6/c1-16(10-29)27(38)37-7-6-36(14-17(37)2)26-24-21(18-8-19(28)13-31-12-18)4-5-22(25(24)32-15-33-26)23-9-20(11-30)35(3)34-23;1-2-3-1/h4-5,8-9,12-13,15-17H,6-7,14H2,1-3H3;1-3H2. The Morgan fingerprint density at radius 3 is 2.49 bits per heavy atom. The van der Waals surface area contributed by atoms with E-state index in [0.29, 0.717) is 64.4 Å². The van der Waals surface area contributed by atoms with Crippen LogP contribution in [0, 0.1) is 34.4 Å². The van der Waals surface area contributed by atoms with E-state index in [4.69, 9.17) is 0 Å². The molecule has 208 valence electrons. The minimum Gasteiger partial charge on any atom is -0.352 e. The summed E-state index contributed by atoms with van der Waals surface area (Å²) in [7, 11) is 1.70. The topological polar surface area (TPSA) is 128 Å². The number of pyridine rings is 1. The van der Waals surface area contributed by atoms with E-state index in [0.717, 1.165) is 6.20 Å². The quantitative estimate of drug-likeness (QED) is 0.363. The van der Waals surface area contributed by atoms with Gasteiger partial charge in [0.05, 0.1) is 28.9 Å². The summed E-state index contributed by atoms with van der Waals surface area (Å²) in [5.41, 5.74) is 3.56. The molecule has 2 atom stereocenters. The summed E-state index contributed by atoms with van der Waals surface area (Å²) in [6.45, 7) is 4.96. The van der Waals surface area contributed by atoms with Gasteiger partial charge in [0.25, 0.3) is 0 Å². The summed E-state index contributed by atoms with van der Waals surface area (Å²) in [5.74, 6) is -0.728. The van der Waals surface area contributed by atoms with Crippen LogP contribution in [0.15, 0.2) is 43.0 Å². The van der Waals surface area contributed by atoms with Crippen molar-refractivity contribution in [1.82, 2.24) is 29.6 Å². The maximum atomic E-state index is 14.2. The van der Waals surface area contributed by atoms with Crippen molar-refractivity contribution in [2.24, 2.45) is 13.0 Å². The average molecular weight is 552 g/mol. The van der Waals surface area contributed by atoms with E-state index in [9.17, 15) is 19.7 Å². The molecule has 1 saturated heterocycles. The van der Waals surface area contributed by atoms with E-state index in [2.05, 4.69) is 31.0 Å². The van der Waals surface area contributed by atoms with Crippen molar-refractivity contribution in [3.63, 3.8) is 0 Å². The van der Waals surface area contributed by atoms with E-state index in [1.54, 1.807) is 31.1 Å². The third-order valence-corrected chi connectivity index (χ3v) is 7.18. The number of aromatic nitrogens is 5. The third-order valence-electron chi connectivity index (χ3n) is 7.18. The van der Waals surface area contributed by atoms with Crippen LogP contribution in [-0.2, 0) is 11.8 Å². The molecule has 1 saturated carbocycles. The SMILES string of the molecule is C1CC1.CC(C#N)C(=O)N1CCN(c2ncnc3c(-c4cc(C#N)n(C)n4)ccc(-c4cncc(F)c4)c23)CC1C. The van der Waals surface area contributed by atoms with Crippen LogP contribution in [0.3, 0.4) is 0 Å². The molecule has 2 aliphatic rings. The second-order valence-electron chi connectivity index (χ2n) is 10.4. The number of hydrogen-bond donors (Lipinski definition) is 0. The third kappa shape index (κ3) is 5.71. The highest BCUT2D eigenvalue weighted by Crippen LogP contribution is 2.39. The van der Waals surface area contributed by atoms with Gasteiger partial charge in [-0.1, -0.05) is 25.3 Å². The van der Waals surface area contributed by atoms with Gasteiger partial charge in [0, 0.05) is 56.1 Å². The number of nitriles is 2. The average Bonchev–Trinajstić information content (AvgIpc) is 3.83. The molecule has 1 aromatic carbocycles. The zero-order valence-electron chi connectivity index (χ0n) is 23.2. The first-order valence-corrected chi connectivity index (χ1v) is 13.6. The van der Waals surface area contributed by atoms with Crippen LogP contribution in [0.5, 0.6) is 0 Å². The number of piperazine rings is 1. The molecule has 4 aromatic rings. The lowest BCUT2D eigenvalue weighted by molar-refractivity contribution is -0.135. The van der Waals surface area contributed by atoms with E-state index in [-0.39, 0.29) is 11.9 Å². The molecule has 1 aliphatic carbocycles. The van der Waals surface area contributed by atoms with Gasteiger partial charge in [-0.3, -0.25) is 14.5 Å². The van der Waals surface area contributed by atoms with E-state index in [1.165, 1.54) is 36.3 Å². The second-order valence-corrected chi connectivity index (χ2v) is 10.4. The van der Waals surface area contributed by atoms with Gasteiger partial charge in [0.15, 0.2) is 0 Å². The Morgan fingerprint density at radius 2 is 1.85 bits per heavy atom. The molecule has 10 nitrogen and oxygen atoms in total. The first kappa shape index (κ1) is 27.7. The molecular formula is C30H30FN9O. The largest absolute Gasteiger partial charge is 0.352 e. The Kier molecular flexibility index (Phi) is 7.88. The monoisotopic (exact) mass is 551 g/mol. The lowest BCUT2D eigenvalue weighted by Gasteiger charge is -2.41. The van der Waals surface area contributed by atoms with Crippen molar-refractivity contribution in [3.05, 3.63) is 54.5 Å². The molecule has 0 radical (unpaired) electrons. The van der Waals surface area contributed by atoms with Crippen molar-refractivity contribution < 1.29 is 9.18 Å². The number of benzene rings is 1. The molecular weight excluding hydrogens is 521 g/mol. The van der Waals surface area contributed by atoms with Crippen LogP contribution in [-0.4, -0.2) is 61.2 Å². The van der Waals surface area contributed by atoms with Gasteiger partial charge in [-0.2, -0.15) is 15.6 Å². The summed E-state index contributed by atoms with van der Waals surface area (Å²) in [4.78, 5) is 29.8. The number of fused-ring (bicyclic) bond motifs is 1. The number of carbonyl (C=O) groups is 1. The van der Waals surface area contributed by atoms with Gasteiger partial charge >= 0.3 is 0 Å². The first-order valence-electron chi connectivity index (χ1n) is 13.6. The lowest BCUT2D eigenvalue weighted by atomic mass is 9.97. The Hall–Kier alpha value is -4.90. The molecule has 3 aromatic heterocycles. The van der Waals surface area contributed by atoms with E-state index >= 15 is 0 Å². The number of rotatable bonds is 4. The van der Waals surface area contributed by atoms with E-state index in [1.807, 2.05) is 25.1 Å². The molecule has 6 rings (SSSR count). The van der Waals surface area contributed by atoms with Gasteiger partial charge in [-0.25, -0.2) is 14.4 Å². The Bertz CT molecular complexity index is 1680. The van der Waals surface area contributed by atoms with Crippen LogP contribution >= 0.6 is 0 Å². The van der Waals surface area contributed by atoms with Crippen molar-refractivity contribution in [2.75, 3.05) is 24.5 Å². The highest BCUT2D eigenvalue weighted by molar-refractivity contribution is 6.07. The predicted molar refractivity (Wildman–Crippen MR) is 152 cm³/mol. The molecule has 0 N–H and O–H groups in total. The Balaban J connectivity index is 0.00000106. The van der Waals surface area contributed by atoms with E-state index < -0.39 is 11.7 Å². The maximum Gasteiger partial charge on any atom is 0.239 e. The zero-order valence-corrected chi connectivity index (χ0v) is 23.2. The number of amides is 1. The summed E-state index contributed by atoms with van der Waals surface area (Å²) < 4.78 is 15.7. The molecule has 1 amide bonds. The van der Waals surface area contributed by atoms with Gasteiger partial charge in [0.1, 0.15) is 35.6 Å². The minimum absolute atomic E-state index is 0.159. The fourth-order valence-electron chi connectivity index (χ4n) is 4.89.